The molecule has 0 aromatic carbocycles. The van der Waals surface area contributed by atoms with Crippen LogP contribution in [0.2, 0.25) is 0 Å². The summed E-state index contributed by atoms with van der Waals surface area (Å²) in [6.07, 6.45) is 5.67. The summed E-state index contributed by atoms with van der Waals surface area (Å²) in [5.74, 6) is -2.00. The molecular weight excluding hydrogens is 308 g/mol. The summed E-state index contributed by atoms with van der Waals surface area (Å²) < 4.78 is 17.0. The highest BCUT2D eigenvalue weighted by atomic mass is 16.7. The minimum Gasteiger partial charge on any atom is -0.468 e. The molecular formula is C19H34O5. The molecule has 0 aromatic heterocycles. The van der Waals surface area contributed by atoms with Crippen molar-refractivity contribution in [1.29, 1.82) is 0 Å². The van der Waals surface area contributed by atoms with Crippen LogP contribution in [0.15, 0.2) is 0 Å². The summed E-state index contributed by atoms with van der Waals surface area (Å²) in [4.78, 5) is 24.4. The fourth-order valence-corrected chi connectivity index (χ4v) is 4.19. The van der Waals surface area contributed by atoms with E-state index in [0.717, 1.165) is 38.5 Å². The highest BCUT2D eigenvalue weighted by Gasteiger charge is 2.54. The third-order valence-corrected chi connectivity index (χ3v) is 5.13. The lowest BCUT2D eigenvalue weighted by atomic mass is 9.78. The van der Waals surface area contributed by atoms with E-state index in [4.69, 9.17) is 14.2 Å². The number of hydrogen-bond donors (Lipinski definition) is 0. The Labute approximate surface area is 146 Å². The fourth-order valence-electron chi connectivity index (χ4n) is 4.19. The molecule has 0 radical (unpaired) electrons. The van der Waals surface area contributed by atoms with Crippen molar-refractivity contribution in [2.24, 2.45) is 17.8 Å². The number of hydrogen-bond acceptors (Lipinski definition) is 5. The van der Waals surface area contributed by atoms with Gasteiger partial charge in [0.1, 0.15) is 11.7 Å². The first-order valence-electron chi connectivity index (χ1n) is 9.33. The Morgan fingerprint density at radius 2 is 1.75 bits per heavy atom. The number of ketones is 1. The maximum atomic E-state index is 12.2. The Hall–Kier alpha value is -0.940. The van der Waals surface area contributed by atoms with Gasteiger partial charge < -0.3 is 14.2 Å². The number of rotatable bonds is 11. The van der Waals surface area contributed by atoms with Crippen LogP contribution in [0.1, 0.15) is 66.2 Å². The van der Waals surface area contributed by atoms with Crippen LogP contribution in [0.5, 0.6) is 0 Å². The van der Waals surface area contributed by atoms with Crippen molar-refractivity contribution >= 4 is 11.8 Å². The maximum absolute atomic E-state index is 12.2. The third kappa shape index (κ3) is 4.79. The van der Waals surface area contributed by atoms with Crippen LogP contribution >= 0.6 is 0 Å². The first-order valence-corrected chi connectivity index (χ1v) is 9.33. The third-order valence-electron chi connectivity index (χ3n) is 5.13. The minimum absolute atomic E-state index is 0.0388. The molecule has 1 aliphatic rings. The van der Waals surface area contributed by atoms with Crippen LogP contribution in [-0.4, -0.2) is 37.9 Å². The second kappa shape index (κ2) is 10.1. The van der Waals surface area contributed by atoms with Crippen molar-refractivity contribution in [3.05, 3.63) is 0 Å². The monoisotopic (exact) mass is 342 g/mol. The second-order valence-corrected chi connectivity index (χ2v) is 6.59. The van der Waals surface area contributed by atoms with Gasteiger partial charge in [-0.3, -0.25) is 9.59 Å². The predicted octanol–water partition coefficient (Wildman–Crippen LogP) is 3.74. The van der Waals surface area contributed by atoms with Gasteiger partial charge in [-0.05, 0) is 39.5 Å². The summed E-state index contributed by atoms with van der Waals surface area (Å²) in [6, 6.07) is 0. The van der Waals surface area contributed by atoms with Crippen molar-refractivity contribution in [3.8, 4) is 0 Å². The van der Waals surface area contributed by atoms with Crippen LogP contribution in [0.25, 0.3) is 0 Å². The van der Waals surface area contributed by atoms with E-state index in [9.17, 15) is 9.59 Å². The first kappa shape index (κ1) is 21.1. The van der Waals surface area contributed by atoms with E-state index < -0.39 is 17.7 Å². The number of carbonyl (C=O) groups excluding carboxylic acids is 2. The van der Waals surface area contributed by atoms with Gasteiger partial charge in [-0.15, -0.1) is 0 Å². The number of ether oxygens (including phenoxy) is 3. The summed E-state index contributed by atoms with van der Waals surface area (Å²) in [7, 11) is 1.34. The highest BCUT2D eigenvalue weighted by Crippen LogP contribution is 2.49. The lowest BCUT2D eigenvalue weighted by Gasteiger charge is -2.38. The van der Waals surface area contributed by atoms with E-state index in [1.165, 1.54) is 14.0 Å². The zero-order chi connectivity index (χ0) is 18.2. The Balaban J connectivity index is 3.12. The van der Waals surface area contributed by atoms with Crippen molar-refractivity contribution in [2.75, 3.05) is 20.3 Å². The van der Waals surface area contributed by atoms with E-state index in [0.29, 0.717) is 13.2 Å². The molecule has 0 aliphatic heterocycles. The predicted molar refractivity (Wildman–Crippen MR) is 92.5 cm³/mol. The van der Waals surface area contributed by atoms with Crippen LogP contribution < -0.4 is 0 Å². The number of methoxy groups -OCH3 is 1. The zero-order valence-corrected chi connectivity index (χ0v) is 15.9. The standard InChI is InChI=1S/C19H34O5/c1-6-9-10-11-16-15(17(14(4)20)18(21)22-5)12-13-19(16,23-7-2)24-8-3/h15-17H,6-13H2,1-5H3. The van der Waals surface area contributed by atoms with E-state index in [1.54, 1.807) is 0 Å². The number of unbranched alkanes of at least 4 members (excludes halogenated alkanes) is 2. The average Bonchev–Trinajstić information content (AvgIpc) is 2.87. The molecule has 0 amide bonds. The molecule has 140 valence electrons. The van der Waals surface area contributed by atoms with E-state index >= 15 is 0 Å². The van der Waals surface area contributed by atoms with Crippen molar-refractivity contribution in [1.82, 2.24) is 0 Å². The number of Topliss-reactive ketones (excluding diaryl/α,β-unsaturated/α-hetero) is 1. The quantitative estimate of drug-likeness (QED) is 0.248. The Kier molecular flexibility index (Phi) is 8.92. The molecule has 5 heteroatoms. The first-order chi connectivity index (χ1) is 11.5. The molecule has 1 saturated carbocycles. The molecule has 3 atom stereocenters. The normalized spacial score (nSPS) is 23.9. The maximum Gasteiger partial charge on any atom is 0.316 e. The lowest BCUT2D eigenvalue weighted by Crippen LogP contribution is -2.44. The summed E-state index contributed by atoms with van der Waals surface area (Å²) in [5.41, 5.74) is 0. The van der Waals surface area contributed by atoms with Gasteiger partial charge in [0.15, 0.2) is 5.79 Å². The highest BCUT2D eigenvalue weighted by molar-refractivity contribution is 5.98. The fraction of sp³-hybridized carbons (Fsp3) is 0.895. The van der Waals surface area contributed by atoms with Gasteiger partial charge in [-0.2, -0.15) is 0 Å². The Morgan fingerprint density at radius 3 is 2.21 bits per heavy atom. The zero-order valence-electron chi connectivity index (χ0n) is 15.9. The molecule has 0 aromatic rings. The largest absolute Gasteiger partial charge is 0.468 e. The van der Waals surface area contributed by atoms with Crippen LogP contribution in [0.4, 0.5) is 0 Å². The summed E-state index contributed by atoms with van der Waals surface area (Å²) in [6.45, 7) is 8.67. The van der Waals surface area contributed by atoms with Crippen LogP contribution in [0.3, 0.4) is 0 Å². The van der Waals surface area contributed by atoms with Crippen molar-refractivity contribution < 1.29 is 23.8 Å². The van der Waals surface area contributed by atoms with Crippen molar-refractivity contribution in [2.45, 2.75) is 72.0 Å². The molecule has 1 aliphatic carbocycles. The molecule has 3 unspecified atom stereocenters. The molecule has 1 fully saturated rings. The van der Waals surface area contributed by atoms with Crippen LogP contribution in [-0.2, 0) is 23.8 Å². The van der Waals surface area contributed by atoms with Gasteiger partial charge in [0.25, 0.3) is 0 Å². The topological polar surface area (TPSA) is 61.8 Å². The van der Waals surface area contributed by atoms with Crippen LogP contribution in [0, 0.1) is 17.8 Å². The number of carbonyl (C=O) groups is 2. The molecule has 5 nitrogen and oxygen atoms in total. The second-order valence-electron chi connectivity index (χ2n) is 6.59. The molecule has 0 bridgehead atoms. The Bertz CT molecular complexity index is 401. The molecule has 0 N–H and O–H groups in total. The SMILES string of the molecule is CCCCCC1C(C(C(C)=O)C(=O)OC)CCC1(OCC)OCC. The molecule has 0 heterocycles. The van der Waals surface area contributed by atoms with E-state index in [2.05, 4.69) is 6.92 Å². The smallest absolute Gasteiger partial charge is 0.316 e. The van der Waals surface area contributed by atoms with Gasteiger partial charge in [0.2, 0.25) is 0 Å². The van der Waals surface area contributed by atoms with E-state index in [1.807, 2.05) is 13.8 Å². The molecule has 1 rings (SSSR count). The van der Waals surface area contributed by atoms with Gasteiger partial charge in [-0.25, -0.2) is 0 Å². The number of esters is 1. The van der Waals surface area contributed by atoms with Gasteiger partial charge in [0, 0.05) is 25.6 Å². The molecule has 0 saturated heterocycles. The Morgan fingerprint density at radius 1 is 1.12 bits per heavy atom. The van der Waals surface area contributed by atoms with Gasteiger partial charge >= 0.3 is 5.97 Å². The lowest BCUT2D eigenvalue weighted by molar-refractivity contribution is -0.258. The van der Waals surface area contributed by atoms with Crippen molar-refractivity contribution in [3.63, 3.8) is 0 Å². The molecule has 24 heavy (non-hydrogen) atoms. The summed E-state index contributed by atoms with van der Waals surface area (Å²) >= 11 is 0. The minimum atomic E-state index is -0.718. The molecule has 0 spiro atoms. The van der Waals surface area contributed by atoms with Gasteiger partial charge in [-0.1, -0.05) is 26.2 Å². The van der Waals surface area contributed by atoms with Gasteiger partial charge in [0.05, 0.1) is 7.11 Å². The van der Waals surface area contributed by atoms with E-state index in [-0.39, 0.29) is 17.6 Å². The summed E-state index contributed by atoms with van der Waals surface area (Å²) in [5, 5.41) is 0. The average molecular weight is 342 g/mol.